The number of rotatable bonds is 3. The largest absolute Gasteiger partial charge is 0.496 e. The maximum atomic E-state index is 5.98. The van der Waals surface area contributed by atoms with Crippen molar-refractivity contribution in [2.75, 3.05) is 12.8 Å². The van der Waals surface area contributed by atoms with Gasteiger partial charge in [0, 0.05) is 5.56 Å². The molecule has 3 nitrogen and oxygen atoms in total. The van der Waals surface area contributed by atoms with Gasteiger partial charge in [-0.3, -0.25) is 0 Å². The molecule has 0 aliphatic carbocycles. The van der Waals surface area contributed by atoms with Crippen molar-refractivity contribution < 1.29 is 4.74 Å². The molecule has 0 atom stereocenters. The van der Waals surface area contributed by atoms with E-state index in [1.54, 1.807) is 18.4 Å². The smallest absolute Gasteiger partial charge is 0.133 e. The molecule has 0 fully saturated rings. The minimum atomic E-state index is 0.763. The standard InChI is InChI=1S/C12H13BrN2OS/c1-3-10-15-11(12(14)17-10)7-4-5-9(16-2)8(13)6-7/h4-6H,3,14H2,1-2H3. The fourth-order valence-corrected chi connectivity index (χ4v) is 2.89. The van der Waals surface area contributed by atoms with Crippen LogP contribution in [0.2, 0.25) is 0 Å². The van der Waals surface area contributed by atoms with Crippen LogP contribution in [0.5, 0.6) is 5.75 Å². The lowest BCUT2D eigenvalue weighted by molar-refractivity contribution is 0.412. The molecule has 0 unspecified atom stereocenters. The van der Waals surface area contributed by atoms with Crippen LogP contribution in [0, 0.1) is 0 Å². The Kier molecular flexibility index (Phi) is 3.69. The number of anilines is 1. The van der Waals surface area contributed by atoms with E-state index in [1.165, 1.54) is 0 Å². The monoisotopic (exact) mass is 312 g/mol. The van der Waals surface area contributed by atoms with E-state index in [0.717, 1.165) is 37.9 Å². The van der Waals surface area contributed by atoms with E-state index >= 15 is 0 Å². The molecular formula is C12H13BrN2OS. The number of aromatic nitrogens is 1. The van der Waals surface area contributed by atoms with Crippen molar-refractivity contribution in [2.45, 2.75) is 13.3 Å². The van der Waals surface area contributed by atoms with E-state index in [-0.39, 0.29) is 0 Å². The Morgan fingerprint density at radius 3 is 2.76 bits per heavy atom. The van der Waals surface area contributed by atoms with Crippen LogP contribution in [0.1, 0.15) is 11.9 Å². The number of benzene rings is 1. The highest BCUT2D eigenvalue weighted by molar-refractivity contribution is 9.10. The Hall–Kier alpha value is -1.07. The first-order valence-corrected chi connectivity index (χ1v) is 6.85. The Bertz CT molecular complexity index is 539. The summed E-state index contributed by atoms with van der Waals surface area (Å²) in [6, 6.07) is 5.85. The molecule has 0 aliphatic rings. The van der Waals surface area contributed by atoms with Gasteiger partial charge in [0.25, 0.3) is 0 Å². The first kappa shape index (κ1) is 12.4. The summed E-state index contributed by atoms with van der Waals surface area (Å²) in [5.41, 5.74) is 7.84. The second-order valence-electron chi connectivity index (χ2n) is 3.52. The first-order valence-electron chi connectivity index (χ1n) is 5.24. The number of halogens is 1. The molecule has 0 aliphatic heterocycles. The summed E-state index contributed by atoms with van der Waals surface area (Å²) in [5, 5.41) is 1.82. The van der Waals surface area contributed by atoms with Crippen LogP contribution in [0.25, 0.3) is 11.3 Å². The molecule has 90 valence electrons. The number of nitrogen functional groups attached to an aromatic ring is 1. The van der Waals surface area contributed by atoms with Crippen molar-refractivity contribution in [3.63, 3.8) is 0 Å². The van der Waals surface area contributed by atoms with Gasteiger partial charge < -0.3 is 10.5 Å². The average Bonchev–Trinajstić information content (AvgIpc) is 2.70. The van der Waals surface area contributed by atoms with Gasteiger partial charge in [-0.2, -0.15) is 0 Å². The minimum Gasteiger partial charge on any atom is -0.496 e. The molecule has 0 saturated heterocycles. The molecule has 1 aromatic heterocycles. The Morgan fingerprint density at radius 2 is 2.24 bits per heavy atom. The number of thiazole rings is 1. The summed E-state index contributed by atoms with van der Waals surface area (Å²) in [4.78, 5) is 4.53. The van der Waals surface area contributed by atoms with Crippen molar-refractivity contribution in [3.05, 3.63) is 27.7 Å². The molecule has 2 rings (SSSR count). The van der Waals surface area contributed by atoms with E-state index in [9.17, 15) is 0 Å². The lowest BCUT2D eigenvalue weighted by Gasteiger charge is -2.05. The van der Waals surface area contributed by atoms with E-state index in [4.69, 9.17) is 10.5 Å². The SMILES string of the molecule is CCc1nc(-c2ccc(OC)c(Br)c2)c(N)s1. The van der Waals surface area contributed by atoms with Crippen LogP contribution in [-0.4, -0.2) is 12.1 Å². The third-order valence-corrected chi connectivity index (χ3v) is 4.07. The van der Waals surface area contributed by atoms with E-state index in [1.807, 2.05) is 18.2 Å². The van der Waals surface area contributed by atoms with Crippen molar-refractivity contribution in [2.24, 2.45) is 0 Å². The lowest BCUT2D eigenvalue weighted by atomic mass is 10.1. The summed E-state index contributed by atoms with van der Waals surface area (Å²) in [6.07, 6.45) is 0.909. The van der Waals surface area contributed by atoms with Crippen LogP contribution in [0.4, 0.5) is 5.00 Å². The maximum absolute atomic E-state index is 5.98. The number of methoxy groups -OCH3 is 1. The molecule has 1 heterocycles. The summed E-state index contributed by atoms with van der Waals surface area (Å²) < 4.78 is 6.10. The Labute approximate surface area is 113 Å². The Morgan fingerprint density at radius 1 is 1.47 bits per heavy atom. The third kappa shape index (κ3) is 2.45. The highest BCUT2D eigenvalue weighted by atomic mass is 79.9. The fourth-order valence-electron chi connectivity index (χ4n) is 1.55. The molecule has 0 amide bonds. The number of nitrogens with two attached hydrogens (primary N) is 1. The summed E-state index contributed by atoms with van der Waals surface area (Å²) in [6.45, 7) is 2.08. The van der Waals surface area contributed by atoms with Crippen molar-refractivity contribution >= 4 is 32.3 Å². The number of aryl methyl sites for hydroxylation is 1. The molecule has 2 aromatic rings. The van der Waals surface area contributed by atoms with E-state index in [0.29, 0.717) is 0 Å². The molecular weight excluding hydrogens is 300 g/mol. The summed E-state index contributed by atoms with van der Waals surface area (Å²) in [7, 11) is 1.64. The van der Waals surface area contributed by atoms with Gasteiger partial charge in [0.1, 0.15) is 16.4 Å². The molecule has 17 heavy (non-hydrogen) atoms. The molecule has 5 heteroatoms. The molecule has 1 aromatic carbocycles. The third-order valence-electron chi connectivity index (χ3n) is 2.43. The number of nitrogens with zero attached hydrogens (tertiary/aromatic N) is 1. The number of ether oxygens (including phenoxy) is 1. The van der Waals surface area contributed by atoms with Crippen molar-refractivity contribution in [1.29, 1.82) is 0 Å². The average molecular weight is 313 g/mol. The minimum absolute atomic E-state index is 0.763. The van der Waals surface area contributed by atoms with Crippen LogP contribution >= 0.6 is 27.3 Å². The number of hydrogen-bond acceptors (Lipinski definition) is 4. The Balaban J connectivity index is 2.45. The van der Waals surface area contributed by atoms with Crippen LogP contribution in [-0.2, 0) is 6.42 Å². The molecule has 0 saturated carbocycles. The van der Waals surface area contributed by atoms with E-state index < -0.39 is 0 Å². The summed E-state index contributed by atoms with van der Waals surface area (Å²) >= 11 is 5.01. The summed E-state index contributed by atoms with van der Waals surface area (Å²) in [5.74, 6) is 0.804. The van der Waals surface area contributed by atoms with Crippen LogP contribution < -0.4 is 10.5 Å². The second-order valence-corrected chi connectivity index (χ2v) is 5.49. The van der Waals surface area contributed by atoms with Crippen molar-refractivity contribution in [1.82, 2.24) is 4.98 Å². The predicted molar refractivity (Wildman–Crippen MR) is 75.6 cm³/mol. The zero-order chi connectivity index (χ0) is 12.4. The highest BCUT2D eigenvalue weighted by Gasteiger charge is 2.11. The van der Waals surface area contributed by atoms with Gasteiger partial charge in [0.2, 0.25) is 0 Å². The predicted octanol–water partition coefficient (Wildman–Crippen LogP) is 3.73. The molecule has 0 radical (unpaired) electrons. The molecule has 0 spiro atoms. The van der Waals surface area contributed by atoms with Gasteiger partial charge in [-0.1, -0.05) is 6.92 Å². The van der Waals surface area contributed by atoms with Crippen LogP contribution in [0.3, 0.4) is 0 Å². The topological polar surface area (TPSA) is 48.1 Å². The van der Waals surface area contributed by atoms with E-state index in [2.05, 4.69) is 27.8 Å². The quantitative estimate of drug-likeness (QED) is 0.939. The first-order chi connectivity index (χ1) is 8.15. The van der Waals surface area contributed by atoms with Gasteiger partial charge in [0.15, 0.2) is 0 Å². The molecule has 0 bridgehead atoms. The fraction of sp³-hybridized carbons (Fsp3) is 0.250. The van der Waals surface area contributed by atoms with Crippen molar-refractivity contribution in [3.8, 4) is 17.0 Å². The van der Waals surface area contributed by atoms with Gasteiger partial charge in [-0.05, 0) is 40.5 Å². The lowest BCUT2D eigenvalue weighted by Crippen LogP contribution is -1.88. The second kappa shape index (κ2) is 5.06. The maximum Gasteiger partial charge on any atom is 0.133 e. The van der Waals surface area contributed by atoms with Gasteiger partial charge in [-0.15, -0.1) is 11.3 Å². The van der Waals surface area contributed by atoms with Crippen LogP contribution in [0.15, 0.2) is 22.7 Å². The number of hydrogen-bond donors (Lipinski definition) is 1. The van der Waals surface area contributed by atoms with Gasteiger partial charge in [0.05, 0.1) is 16.6 Å². The normalized spacial score (nSPS) is 10.5. The van der Waals surface area contributed by atoms with Gasteiger partial charge in [-0.25, -0.2) is 4.98 Å². The molecule has 2 N–H and O–H groups in total. The van der Waals surface area contributed by atoms with Gasteiger partial charge >= 0.3 is 0 Å². The zero-order valence-electron chi connectivity index (χ0n) is 9.66. The zero-order valence-corrected chi connectivity index (χ0v) is 12.1. The highest BCUT2D eigenvalue weighted by Crippen LogP contribution is 2.35.